The summed E-state index contributed by atoms with van der Waals surface area (Å²) in [5, 5.41) is 10.3. The molecule has 8 rings (SSSR count). The molecule has 6 heterocycles. The van der Waals surface area contributed by atoms with Gasteiger partial charge in [0.25, 0.3) is 0 Å². The normalized spacial score (nSPS) is 18.4. The standard InChI is InChI=1S/C36H39ClN8O2.C2H3N/c37-29-7-1-5-26-6-2-8-31(33(26)29)44-18-12-28-30(23-44)40-35(47-24-36-13-3-16-45(36)17-4-14-36)41-34(28)43-21-19-42(20-22-43)32(46)10-9-27-11-15-38-25-39-27;1-2-3/h1-2,5-11,15,25H,3-4,12-14,16-24H2;1H3/b10-9+;. The van der Waals surface area contributed by atoms with Gasteiger partial charge >= 0.3 is 6.01 Å². The van der Waals surface area contributed by atoms with E-state index in [4.69, 9.17) is 31.6 Å². The smallest absolute Gasteiger partial charge is 0.318 e. The van der Waals surface area contributed by atoms with Crippen LogP contribution in [0.3, 0.4) is 0 Å². The van der Waals surface area contributed by atoms with Crippen molar-refractivity contribution in [2.45, 2.75) is 51.1 Å². The van der Waals surface area contributed by atoms with Crippen LogP contribution in [0.15, 0.2) is 61.1 Å². The lowest BCUT2D eigenvalue weighted by atomic mass is 9.95. The van der Waals surface area contributed by atoms with Gasteiger partial charge in [-0.25, -0.2) is 9.97 Å². The van der Waals surface area contributed by atoms with Crippen molar-refractivity contribution in [3.63, 3.8) is 0 Å². The number of anilines is 2. The van der Waals surface area contributed by atoms with Crippen molar-refractivity contribution < 1.29 is 9.53 Å². The minimum Gasteiger partial charge on any atom is -0.461 e. The molecule has 2 aromatic carbocycles. The fraction of sp³-hybridized carbons (Fsp3) is 0.421. The second-order valence-electron chi connectivity index (χ2n) is 13.3. The largest absolute Gasteiger partial charge is 0.461 e. The summed E-state index contributed by atoms with van der Waals surface area (Å²) in [7, 11) is 0. The van der Waals surface area contributed by atoms with Crippen LogP contribution >= 0.6 is 11.6 Å². The summed E-state index contributed by atoms with van der Waals surface area (Å²) in [5.41, 5.74) is 4.11. The Morgan fingerprint density at radius 2 is 1.76 bits per heavy atom. The Bertz CT molecular complexity index is 1890. The van der Waals surface area contributed by atoms with Gasteiger partial charge in [-0.3, -0.25) is 9.69 Å². The van der Waals surface area contributed by atoms with Gasteiger partial charge in [-0.15, -0.1) is 0 Å². The van der Waals surface area contributed by atoms with E-state index < -0.39 is 0 Å². The average Bonchev–Trinajstić information content (AvgIpc) is 3.74. The minimum absolute atomic E-state index is 0.0154. The van der Waals surface area contributed by atoms with Crippen LogP contribution in [0.4, 0.5) is 11.5 Å². The van der Waals surface area contributed by atoms with E-state index in [9.17, 15) is 4.79 Å². The molecular weight excluding hydrogens is 650 g/mol. The molecule has 3 fully saturated rings. The topological polar surface area (TPSA) is 115 Å². The van der Waals surface area contributed by atoms with Crippen LogP contribution < -0.4 is 14.5 Å². The number of hydrogen-bond donors (Lipinski definition) is 0. The zero-order valence-corrected chi connectivity index (χ0v) is 29.2. The lowest BCUT2D eigenvalue weighted by Gasteiger charge is -2.38. The summed E-state index contributed by atoms with van der Waals surface area (Å²) in [4.78, 5) is 40.5. The summed E-state index contributed by atoms with van der Waals surface area (Å²) in [5.74, 6) is 0.926. The molecule has 0 aliphatic carbocycles. The molecule has 3 saturated heterocycles. The Hall–Kier alpha value is -4.79. The maximum atomic E-state index is 13.0. The highest BCUT2D eigenvalue weighted by Crippen LogP contribution is 2.40. The first kappa shape index (κ1) is 33.7. The first-order valence-electron chi connectivity index (χ1n) is 17.5. The van der Waals surface area contributed by atoms with E-state index in [0.717, 1.165) is 59.0 Å². The number of ether oxygens (including phenoxy) is 1. The Morgan fingerprint density at radius 1 is 1.00 bits per heavy atom. The van der Waals surface area contributed by atoms with E-state index in [0.29, 0.717) is 51.0 Å². The van der Waals surface area contributed by atoms with Crippen LogP contribution in [0, 0.1) is 11.3 Å². The summed E-state index contributed by atoms with van der Waals surface area (Å²) in [6, 6.07) is 16.4. The number of benzene rings is 2. The van der Waals surface area contributed by atoms with Crippen LogP contribution in [-0.2, 0) is 17.8 Å². The van der Waals surface area contributed by atoms with Crippen molar-refractivity contribution in [3.8, 4) is 12.1 Å². The lowest BCUT2D eigenvalue weighted by molar-refractivity contribution is -0.126. The zero-order chi connectivity index (χ0) is 34.5. The minimum atomic E-state index is -0.0154. The fourth-order valence-electron chi connectivity index (χ4n) is 7.92. The molecule has 0 atom stereocenters. The third kappa shape index (κ3) is 6.96. The van der Waals surface area contributed by atoms with E-state index >= 15 is 0 Å². The summed E-state index contributed by atoms with van der Waals surface area (Å²) < 4.78 is 6.54. The molecule has 4 aliphatic heterocycles. The van der Waals surface area contributed by atoms with E-state index in [1.807, 2.05) is 17.0 Å². The van der Waals surface area contributed by atoms with E-state index in [1.54, 1.807) is 30.5 Å². The molecule has 4 aliphatic rings. The molecular formula is C38H42ClN9O2. The molecule has 4 aromatic rings. The molecule has 50 heavy (non-hydrogen) atoms. The van der Waals surface area contributed by atoms with Crippen LogP contribution in [0.2, 0.25) is 5.02 Å². The van der Waals surface area contributed by atoms with Gasteiger partial charge in [0.1, 0.15) is 18.8 Å². The van der Waals surface area contributed by atoms with Gasteiger partial charge in [-0.2, -0.15) is 15.2 Å². The average molecular weight is 692 g/mol. The number of fused-ring (bicyclic) bond motifs is 3. The number of amides is 1. The maximum Gasteiger partial charge on any atom is 0.318 e. The quantitative estimate of drug-likeness (QED) is 0.229. The third-order valence-electron chi connectivity index (χ3n) is 10.4. The molecule has 0 bridgehead atoms. The molecule has 0 radical (unpaired) electrons. The summed E-state index contributed by atoms with van der Waals surface area (Å²) in [6.45, 7) is 8.44. The van der Waals surface area contributed by atoms with Gasteiger partial charge in [0, 0.05) is 68.6 Å². The number of carbonyl (C=O) groups is 1. The zero-order valence-electron chi connectivity index (χ0n) is 28.5. The van der Waals surface area contributed by atoms with Crippen molar-refractivity contribution in [2.75, 3.05) is 62.2 Å². The number of halogens is 1. The van der Waals surface area contributed by atoms with Crippen LogP contribution in [0.1, 0.15) is 49.6 Å². The highest BCUT2D eigenvalue weighted by atomic mass is 35.5. The van der Waals surface area contributed by atoms with Crippen molar-refractivity contribution in [2.24, 2.45) is 0 Å². The Labute approximate surface area is 298 Å². The van der Waals surface area contributed by atoms with Gasteiger partial charge in [0.05, 0.1) is 34.6 Å². The first-order valence-corrected chi connectivity index (χ1v) is 17.8. The van der Waals surface area contributed by atoms with E-state index in [-0.39, 0.29) is 11.4 Å². The number of hydrogen-bond acceptors (Lipinski definition) is 10. The van der Waals surface area contributed by atoms with Crippen molar-refractivity contribution in [3.05, 3.63) is 83.0 Å². The van der Waals surface area contributed by atoms with Crippen LogP contribution in [-0.4, -0.2) is 93.6 Å². The highest BCUT2D eigenvalue weighted by molar-refractivity contribution is 6.36. The SMILES string of the molecule is CC#N.O=C(/C=C/c1ccncn1)N1CCN(c2nc(OCC34CCCN3CCC4)nc3c2CCN(c2cccc4cccc(Cl)c24)C3)CC1. The summed E-state index contributed by atoms with van der Waals surface area (Å²) in [6.07, 6.45) is 12.1. The number of piperazine rings is 1. The lowest BCUT2D eigenvalue weighted by Crippen LogP contribution is -2.49. The van der Waals surface area contributed by atoms with Crippen molar-refractivity contribution in [1.29, 1.82) is 5.26 Å². The monoisotopic (exact) mass is 691 g/mol. The molecule has 1 amide bonds. The Morgan fingerprint density at radius 3 is 2.50 bits per heavy atom. The van der Waals surface area contributed by atoms with Gasteiger partial charge in [0.2, 0.25) is 5.91 Å². The highest BCUT2D eigenvalue weighted by Gasteiger charge is 2.45. The van der Waals surface area contributed by atoms with Crippen LogP contribution in [0.25, 0.3) is 16.8 Å². The van der Waals surface area contributed by atoms with Crippen molar-refractivity contribution >= 4 is 45.9 Å². The number of carbonyl (C=O) groups excluding carboxylic acids is 1. The molecule has 0 N–H and O–H groups in total. The van der Waals surface area contributed by atoms with Gasteiger partial charge < -0.3 is 19.4 Å². The number of nitriles is 1. The number of aromatic nitrogens is 4. The number of nitrogens with zero attached hydrogens (tertiary/aromatic N) is 9. The molecule has 0 spiro atoms. The number of rotatable bonds is 7. The molecule has 0 unspecified atom stereocenters. The summed E-state index contributed by atoms with van der Waals surface area (Å²) >= 11 is 6.74. The Kier molecular flexibility index (Phi) is 10.1. The van der Waals surface area contributed by atoms with Gasteiger partial charge in [-0.1, -0.05) is 35.9 Å². The molecule has 258 valence electrons. The molecule has 2 aromatic heterocycles. The Balaban J connectivity index is 0.00000126. The van der Waals surface area contributed by atoms with E-state index in [2.05, 4.69) is 48.9 Å². The first-order chi connectivity index (χ1) is 24.5. The second-order valence-corrected chi connectivity index (χ2v) is 13.7. The van der Waals surface area contributed by atoms with E-state index in [1.165, 1.54) is 44.5 Å². The second kappa shape index (κ2) is 15.0. The molecule has 11 nitrogen and oxygen atoms in total. The fourth-order valence-corrected chi connectivity index (χ4v) is 8.20. The molecule has 12 heteroatoms. The predicted octanol–water partition coefficient (Wildman–Crippen LogP) is 5.53. The van der Waals surface area contributed by atoms with Gasteiger partial charge in [-0.05, 0) is 74.9 Å². The molecule has 0 saturated carbocycles. The maximum absolute atomic E-state index is 13.0. The van der Waals surface area contributed by atoms with Crippen molar-refractivity contribution in [1.82, 2.24) is 29.7 Å². The predicted molar refractivity (Wildman–Crippen MR) is 195 cm³/mol. The van der Waals surface area contributed by atoms with Gasteiger partial charge in [0.15, 0.2) is 0 Å². The van der Waals surface area contributed by atoms with Crippen LogP contribution in [0.5, 0.6) is 6.01 Å². The third-order valence-corrected chi connectivity index (χ3v) is 10.7.